The highest BCUT2D eigenvalue weighted by atomic mass is 16.5. The monoisotopic (exact) mass is 241 g/mol. The summed E-state index contributed by atoms with van der Waals surface area (Å²) in [7, 11) is 0. The Balaban J connectivity index is 2.12. The van der Waals surface area contributed by atoms with Crippen molar-refractivity contribution >= 4 is 11.9 Å². The zero-order valence-electron chi connectivity index (χ0n) is 10.2. The highest BCUT2D eigenvalue weighted by molar-refractivity contribution is 5.85. The minimum absolute atomic E-state index is 0.229. The number of rotatable bonds is 4. The Morgan fingerprint density at radius 3 is 2.50 bits per heavy atom. The smallest absolute Gasteiger partial charge is 0.124 e. The molecule has 92 valence electrons. The number of para-hydroxylation sites is 1. The molecule has 1 N–H and O–H groups in total. The molecule has 3 nitrogen and oxygen atoms in total. The summed E-state index contributed by atoms with van der Waals surface area (Å²) in [4.78, 5) is 4.30. The summed E-state index contributed by atoms with van der Waals surface area (Å²) in [6, 6.07) is 14.6. The van der Waals surface area contributed by atoms with Crippen LogP contribution in [0.5, 0.6) is 11.5 Å². The highest BCUT2D eigenvalue weighted by Gasteiger charge is 1.96. The van der Waals surface area contributed by atoms with E-state index in [0.717, 1.165) is 11.4 Å². The van der Waals surface area contributed by atoms with Crippen molar-refractivity contribution in [1.82, 2.24) is 0 Å². The second-order valence-corrected chi connectivity index (χ2v) is 3.74. The molecule has 0 aromatic heterocycles. The molecule has 0 heterocycles. The summed E-state index contributed by atoms with van der Waals surface area (Å²) >= 11 is 0. The summed E-state index contributed by atoms with van der Waals surface area (Å²) in [6.07, 6.45) is 1.64. The maximum absolute atomic E-state index is 9.59. The van der Waals surface area contributed by atoms with Crippen molar-refractivity contribution in [3.05, 3.63) is 54.1 Å². The molecule has 2 rings (SSSR count). The minimum Gasteiger partial charge on any atom is -0.507 e. The van der Waals surface area contributed by atoms with Crippen molar-refractivity contribution in [2.24, 2.45) is 4.99 Å². The Morgan fingerprint density at radius 1 is 1.11 bits per heavy atom. The van der Waals surface area contributed by atoms with Crippen LogP contribution in [-0.4, -0.2) is 17.9 Å². The quantitative estimate of drug-likeness (QED) is 0.832. The predicted molar refractivity (Wildman–Crippen MR) is 73.0 cm³/mol. The standard InChI is InChI=1S/C15H15NO2/c1-2-18-14-9-7-13(8-10-14)16-11-12-5-3-4-6-15(12)17/h3-11,17H,2H2,1H3. The molecule has 3 heteroatoms. The fourth-order valence-electron chi connectivity index (χ4n) is 1.54. The molecule has 0 spiro atoms. The molecule has 0 radical (unpaired) electrons. The largest absolute Gasteiger partial charge is 0.507 e. The third-order valence-electron chi connectivity index (χ3n) is 2.44. The summed E-state index contributed by atoms with van der Waals surface area (Å²) < 4.78 is 5.35. The Hall–Kier alpha value is -2.29. The molecule has 0 unspecified atom stereocenters. The first-order chi connectivity index (χ1) is 8.79. The van der Waals surface area contributed by atoms with Gasteiger partial charge in [0.05, 0.1) is 12.3 Å². The topological polar surface area (TPSA) is 41.8 Å². The van der Waals surface area contributed by atoms with E-state index in [1.165, 1.54) is 0 Å². The minimum atomic E-state index is 0.229. The first-order valence-electron chi connectivity index (χ1n) is 5.84. The summed E-state index contributed by atoms with van der Waals surface area (Å²) in [6.45, 7) is 2.60. The highest BCUT2D eigenvalue weighted by Crippen LogP contribution is 2.19. The van der Waals surface area contributed by atoms with Crippen LogP contribution in [0.3, 0.4) is 0 Å². The normalized spacial score (nSPS) is 10.7. The van der Waals surface area contributed by atoms with E-state index in [2.05, 4.69) is 4.99 Å². The van der Waals surface area contributed by atoms with Crippen molar-refractivity contribution in [2.45, 2.75) is 6.92 Å². The number of hydrogen-bond acceptors (Lipinski definition) is 3. The van der Waals surface area contributed by atoms with Gasteiger partial charge in [0.1, 0.15) is 11.5 Å². The molecule has 0 atom stereocenters. The van der Waals surface area contributed by atoms with Crippen LogP contribution in [0.2, 0.25) is 0 Å². The second-order valence-electron chi connectivity index (χ2n) is 3.74. The lowest BCUT2D eigenvalue weighted by Crippen LogP contribution is -1.89. The van der Waals surface area contributed by atoms with E-state index >= 15 is 0 Å². The summed E-state index contributed by atoms with van der Waals surface area (Å²) in [5, 5.41) is 9.59. The first-order valence-corrected chi connectivity index (χ1v) is 5.84. The molecular weight excluding hydrogens is 226 g/mol. The third kappa shape index (κ3) is 3.10. The van der Waals surface area contributed by atoms with Gasteiger partial charge in [0.25, 0.3) is 0 Å². The van der Waals surface area contributed by atoms with Gasteiger partial charge in [-0.2, -0.15) is 0 Å². The zero-order valence-corrected chi connectivity index (χ0v) is 10.2. The van der Waals surface area contributed by atoms with Crippen molar-refractivity contribution < 1.29 is 9.84 Å². The fraction of sp³-hybridized carbons (Fsp3) is 0.133. The van der Waals surface area contributed by atoms with Gasteiger partial charge in [-0.1, -0.05) is 12.1 Å². The lowest BCUT2D eigenvalue weighted by Gasteiger charge is -2.02. The Bertz CT molecular complexity index is 532. The SMILES string of the molecule is CCOc1ccc(N=Cc2ccccc2O)cc1. The molecular formula is C15H15NO2. The summed E-state index contributed by atoms with van der Waals surface area (Å²) in [5.41, 5.74) is 1.52. The number of ether oxygens (including phenoxy) is 1. The van der Waals surface area contributed by atoms with Crippen LogP contribution in [0.25, 0.3) is 0 Å². The summed E-state index contributed by atoms with van der Waals surface area (Å²) in [5.74, 6) is 1.06. The van der Waals surface area contributed by atoms with Crippen molar-refractivity contribution in [2.75, 3.05) is 6.61 Å². The average Bonchev–Trinajstić information content (AvgIpc) is 2.40. The van der Waals surface area contributed by atoms with Gasteiger partial charge in [-0.25, -0.2) is 0 Å². The first kappa shape index (κ1) is 12.2. The molecule has 0 saturated heterocycles. The molecule has 2 aromatic rings. The molecule has 2 aromatic carbocycles. The molecule has 0 fully saturated rings. The van der Waals surface area contributed by atoms with Gasteiger partial charge >= 0.3 is 0 Å². The van der Waals surface area contributed by atoms with E-state index in [-0.39, 0.29) is 5.75 Å². The van der Waals surface area contributed by atoms with Crippen molar-refractivity contribution in [3.8, 4) is 11.5 Å². The van der Waals surface area contributed by atoms with Gasteiger partial charge in [0.15, 0.2) is 0 Å². The fourth-order valence-corrected chi connectivity index (χ4v) is 1.54. The maximum Gasteiger partial charge on any atom is 0.124 e. The zero-order chi connectivity index (χ0) is 12.8. The van der Waals surface area contributed by atoms with Crippen molar-refractivity contribution in [1.29, 1.82) is 0 Å². The number of hydrogen-bond donors (Lipinski definition) is 1. The number of nitrogens with zero attached hydrogens (tertiary/aromatic N) is 1. The number of aliphatic imine (C=N–C) groups is 1. The van der Waals surface area contributed by atoms with Gasteiger partial charge in [0, 0.05) is 11.8 Å². The predicted octanol–water partition coefficient (Wildman–Crippen LogP) is 3.54. The van der Waals surface area contributed by atoms with E-state index < -0.39 is 0 Å². The van der Waals surface area contributed by atoms with Gasteiger partial charge in [-0.15, -0.1) is 0 Å². The lowest BCUT2D eigenvalue weighted by atomic mass is 10.2. The Kier molecular flexibility index (Phi) is 3.97. The van der Waals surface area contributed by atoms with E-state index in [0.29, 0.717) is 12.2 Å². The van der Waals surface area contributed by atoms with Gasteiger partial charge < -0.3 is 9.84 Å². The molecule has 0 aliphatic rings. The van der Waals surface area contributed by atoms with E-state index in [1.54, 1.807) is 18.3 Å². The van der Waals surface area contributed by atoms with Crippen LogP contribution in [0.4, 0.5) is 5.69 Å². The second kappa shape index (κ2) is 5.87. The molecule has 0 saturated carbocycles. The van der Waals surface area contributed by atoms with Crippen LogP contribution >= 0.6 is 0 Å². The van der Waals surface area contributed by atoms with Crippen LogP contribution in [0, 0.1) is 0 Å². The van der Waals surface area contributed by atoms with Gasteiger partial charge in [-0.05, 0) is 43.3 Å². The molecule has 0 amide bonds. The molecule has 0 aliphatic heterocycles. The van der Waals surface area contributed by atoms with E-state index in [1.807, 2.05) is 43.3 Å². The third-order valence-corrected chi connectivity index (χ3v) is 2.44. The van der Waals surface area contributed by atoms with E-state index in [9.17, 15) is 5.11 Å². The lowest BCUT2D eigenvalue weighted by molar-refractivity contribution is 0.340. The molecule has 18 heavy (non-hydrogen) atoms. The average molecular weight is 241 g/mol. The molecule has 0 aliphatic carbocycles. The number of phenols is 1. The molecule has 0 bridgehead atoms. The van der Waals surface area contributed by atoms with Crippen LogP contribution in [0.1, 0.15) is 12.5 Å². The van der Waals surface area contributed by atoms with Gasteiger partial charge in [-0.3, -0.25) is 4.99 Å². The number of benzene rings is 2. The van der Waals surface area contributed by atoms with Crippen molar-refractivity contribution in [3.63, 3.8) is 0 Å². The number of aromatic hydroxyl groups is 1. The van der Waals surface area contributed by atoms with Crippen LogP contribution in [0.15, 0.2) is 53.5 Å². The van der Waals surface area contributed by atoms with Gasteiger partial charge in [0.2, 0.25) is 0 Å². The Labute approximate surface area is 106 Å². The van der Waals surface area contributed by atoms with Crippen LogP contribution in [-0.2, 0) is 0 Å². The van der Waals surface area contributed by atoms with E-state index in [4.69, 9.17) is 4.74 Å². The maximum atomic E-state index is 9.59. The number of phenolic OH excluding ortho intramolecular Hbond substituents is 1. The van der Waals surface area contributed by atoms with Crippen LogP contribution < -0.4 is 4.74 Å². The Morgan fingerprint density at radius 2 is 1.83 bits per heavy atom.